The maximum atomic E-state index is 12.9. The largest absolute Gasteiger partial charge is 0.351 e. The van der Waals surface area contributed by atoms with Gasteiger partial charge in [0, 0.05) is 35.6 Å². The van der Waals surface area contributed by atoms with Gasteiger partial charge in [0.1, 0.15) is 5.54 Å². The quantitative estimate of drug-likeness (QED) is 0.795. The third-order valence-electron chi connectivity index (χ3n) is 5.00. The van der Waals surface area contributed by atoms with Gasteiger partial charge in [-0.2, -0.15) is 0 Å². The molecule has 1 saturated carbocycles. The number of carbonyl (C=O) groups is 2. The van der Waals surface area contributed by atoms with Crippen LogP contribution in [0.5, 0.6) is 0 Å². The molecular weight excluding hydrogens is 368 g/mol. The number of rotatable bonds is 6. The zero-order valence-electron chi connectivity index (χ0n) is 14.4. The molecule has 0 unspecified atom stereocenters. The summed E-state index contributed by atoms with van der Waals surface area (Å²) in [7, 11) is 0. The van der Waals surface area contributed by atoms with Crippen LogP contribution in [0.3, 0.4) is 0 Å². The number of thiazole rings is 1. The van der Waals surface area contributed by atoms with Crippen LogP contribution in [-0.2, 0) is 16.0 Å². The van der Waals surface area contributed by atoms with Crippen molar-refractivity contribution in [3.8, 4) is 0 Å². The molecule has 4 rings (SSSR count). The number of aromatic nitrogens is 1. The fraction of sp³-hybridized carbons (Fsp3) is 0.500. The fourth-order valence-electron chi connectivity index (χ4n) is 3.26. The van der Waals surface area contributed by atoms with E-state index in [2.05, 4.69) is 15.6 Å². The first kappa shape index (κ1) is 17.5. The van der Waals surface area contributed by atoms with Gasteiger partial charge in [0.25, 0.3) is 0 Å². The Morgan fingerprint density at radius 2 is 2.04 bits per heavy atom. The lowest BCUT2D eigenvalue weighted by Gasteiger charge is -2.41. The molecule has 3 heterocycles. The monoisotopic (exact) mass is 390 g/mol. The van der Waals surface area contributed by atoms with Crippen molar-refractivity contribution in [2.24, 2.45) is 0 Å². The number of nitrogens with zero attached hydrogens (tertiary/aromatic N) is 2. The fourth-order valence-corrected chi connectivity index (χ4v) is 4.58. The predicted molar refractivity (Wildman–Crippen MR) is 103 cm³/mol. The van der Waals surface area contributed by atoms with Crippen molar-refractivity contribution in [1.29, 1.82) is 0 Å². The van der Waals surface area contributed by atoms with E-state index < -0.39 is 5.54 Å². The average Bonchev–Trinajstić information content (AvgIpc) is 3.09. The van der Waals surface area contributed by atoms with Crippen LogP contribution in [0.2, 0.25) is 0 Å². The molecule has 2 aliphatic rings. The van der Waals surface area contributed by atoms with Gasteiger partial charge in [-0.25, -0.2) is 4.98 Å². The Hall–Kier alpha value is -1.93. The van der Waals surface area contributed by atoms with Gasteiger partial charge < -0.3 is 15.5 Å². The van der Waals surface area contributed by atoms with E-state index in [-0.39, 0.29) is 11.8 Å². The second-order valence-corrected chi connectivity index (χ2v) is 8.86. The number of piperidine rings is 1. The number of anilines is 1. The molecule has 0 bridgehead atoms. The Labute approximate surface area is 160 Å². The summed E-state index contributed by atoms with van der Waals surface area (Å²) in [6.07, 6.45) is 5.50. The van der Waals surface area contributed by atoms with Crippen LogP contribution < -0.4 is 10.6 Å². The van der Waals surface area contributed by atoms with E-state index >= 15 is 0 Å². The van der Waals surface area contributed by atoms with E-state index in [0.29, 0.717) is 38.4 Å². The summed E-state index contributed by atoms with van der Waals surface area (Å²) >= 11 is 3.10. The minimum atomic E-state index is -0.680. The van der Waals surface area contributed by atoms with Crippen molar-refractivity contribution in [2.45, 2.75) is 43.7 Å². The SMILES string of the molecule is O=C(Cc1cccs1)N1CCC(Nc2nccs2)(C(=O)NC2CC2)CC1. The molecule has 1 saturated heterocycles. The van der Waals surface area contributed by atoms with Crippen molar-refractivity contribution in [3.63, 3.8) is 0 Å². The molecule has 1 aliphatic heterocycles. The Morgan fingerprint density at radius 3 is 2.65 bits per heavy atom. The first-order valence-electron chi connectivity index (χ1n) is 8.93. The molecule has 2 aromatic rings. The van der Waals surface area contributed by atoms with E-state index in [1.807, 2.05) is 27.8 Å². The number of nitrogens with one attached hydrogen (secondary N) is 2. The molecule has 138 valence electrons. The van der Waals surface area contributed by atoms with Gasteiger partial charge in [0.05, 0.1) is 6.42 Å². The first-order chi connectivity index (χ1) is 12.6. The maximum Gasteiger partial charge on any atom is 0.246 e. The first-order valence-corrected chi connectivity index (χ1v) is 10.7. The average molecular weight is 391 g/mol. The van der Waals surface area contributed by atoms with Gasteiger partial charge in [0.2, 0.25) is 11.8 Å². The highest BCUT2D eigenvalue weighted by atomic mass is 32.1. The molecule has 26 heavy (non-hydrogen) atoms. The summed E-state index contributed by atoms with van der Waals surface area (Å²) in [6.45, 7) is 1.17. The maximum absolute atomic E-state index is 12.9. The lowest BCUT2D eigenvalue weighted by Crippen LogP contribution is -2.59. The molecule has 6 nitrogen and oxygen atoms in total. The third-order valence-corrected chi connectivity index (χ3v) is 6.57. The number of thiophene rings is 1. The zero-order valence-corrected chi connectivity index (χ0v) is 16.1. The van der Waals surface area contributed by atoms with Crippen LogP contribution in [0, 0.1) is 0 Å². The van der Waals surface area contributed by atoms with Crippen molar-refractivity contribution in [1.82, 2.24) is 15.2 Å². The van der Waals surface area contributed by atoms with Gasteiger partial charge in [0.15, 0.2) is 5.13 Å². The highest BCUT2D eigenvalue weighted by Gasteiger charge is 2.44. The molecular formula is C18H22N4O2S2. The standard InChI is InChI=1S/C18H22N4O2S2/c23-15(12-14-2-1-10-25-14)22-8-5-18(6-9-22,16(24)20-13-3-4-13)21-17-19-7-11-26-17/h1-2,7,10-11,13H,3-6,8-9,12H2,(H,19,21)(H,20,24). The number of likely N-dealkylation sites (tertiary alicyclic amines) is 1. The van der Waals surface area contributed by atoms with Gasteiger partial charge in [-0.3, -0.25) is 9.59 Å². The molecule has 1 aliphatic carbocycles. The lowest BCUT2D eigenvalue weighted by molar-refractivity contribution is -0.135. The van der Waals surface area contributed by atoms with E-state index in [1.54, 1.807) is 17.5 Å². The Balaban J connectivity index is 1.42. The van der Waals surface area contributed by atoms with Gasteiger partial charge in [-0.15, -0.1) is 22.7 Å². The van der Waals surface area contributed by atoms with E-state index in [1.165, 1.54) is 11.3 Å². The van der Waals surface area contributed by atoms with E-state index in [9.17, 15) is 9.59 Å². The summed E-state index contributed by atoms with van der Waals surface area (Å²) in [5, 5.41) is 11.1. The number of carbonyl (C=O) groups excluding carboxylic acids is 2. The van der Waals surface area contributed by atoms with Crippen molar-refractivity contribution < 1.29 is 9.59 Å². The second-order valence-electron chi connectivity index (χ2n) is 6.93. The highest BCUT2D eigenvalue weighted by molar-refractivity contribution is 7.13. The van der Waals surface area contributed by atoms with Crippen LogP contribution in [0.25, 0.3) is 0 Å². The Bertz CT molecular complexity index is 748. The summed E-state index contributed by atoms with van der Waals surface area (Å²) in [4.78, 5) is 32.7. The molecule has 0 spiro atoms. The van der Waals surface area contributed by atoms with Crippen molar-refractivity contribution in [2.75, 3.05) is 18.4 Å². The summed E-state index contributed by atoms with van der Waals surface area (Å²) in [5.41, 5.74) is -0.680. The summed E-state index contributed by atoms with van der Waals surface area (Å²) < 4.78 is 0. The Kier molecular flexibility index (Phi) is 4.95. The van der Waals surface area contributed by atoms with Gasteiger partial charge in [-0.1, -0.05) is 6.07 Å². The molecule has 2 amide bonds. The molecule has 8 heteroatoms. The summed E-state index contributed by atoms with van der Waals surface area (Å²) in [5.74, 6) is 0.179. The number of amides is 2. The number of hydrogen-bond acceptors (Lipinski definition) is 6. The molecule has 0 radical (unpaired) electrons. The number of hydrogen-bond donors (Lipinski definition) is 2. The minimum Gasteiger partial charge on any atom is -0.351 e. The van der Waals surface area contributed by atoms with Crippen LogP contribution in [-0.4, -0.2) is 46.4 Å². The van der Waals surface area contributed by atoms with E-state index in [0.717, 1.165) is 22.9 Å². The van der Waals surface area contributed by atoms with Crippen LogP contribution >= 0.6 is 22.7 Å². The predicted octanol–water partition coefficient (Wildman–Crippen LogP) is 2.50. The molecule has 2 fully saturated rings. The topological polar surface area (TPSA) is 74.3 Å². The third kappa shape index (κ3) is 3.91. The van der Waals surface area contributed by atoms with Crippen molar-refractivity contribution in [3.05, 3.63) is 34.0 Å². The Morgan fingerprint density at radius 1 is 1.23 bits per heavy atom. The molecule has 0 aromatic carbocycles. The smallest absolute Gasteiger partial charge is 0.246 e. The normalized spacial score (nSPS) is 19.2. The highest BCUT2D eigenvalue weighted by Crippen LogP contribution is 2.30. The van der Waals surface area contributed by atoms with Crippen molar-refractivity contribution >= 4 is 39.6 Å². The van der Waals surface area contributed by atoms with Crippen LogP contribution in [0.15, 0.2) is 29.1 Å². The van der Waals surface area contributed by atoms with Gasteiger partial charge in [-0.05, 0) is 37.1 Å². The molecule has 2 N–H and O–H groups in total. The van der Waals surface area contributed by atoms with Crippen LogP contribution in [0.1, 0.15) is 30.6 Å². The molecule has 2 aromatic heterocycles. The minimum absolute atomic E-state index is 0.0422. The van der Waals surface area contributed by atoms with E-state index in [4.69, 9.17) is 0 Å². The lowest BCUT2D eigenvalue weighted by atomic mass is 9.86. The van der Waals surface area contributed by atoms with Gasteiger partial charge >= 0.3 is 0 Å². The zero-order chi connectivity index (χ0) is 18.0. The van der Waals surface area contributed by atoms with Crippen LogP contribution in [0.4, 0.5) is 5.13 Å². The molecule has 0 atom stereocenters. The summed E-state index contributed by atoms with van der Waals surface area (Å²) in [6, 6.07) is 4.27. The second kappa shape index (κ2) is 7.36.